The molecule has 1 aromatic carbocycles. The number of aromatic hydroxyl groups is 1. The first-order chi connectivity index (χ1) is 6.83. The largest absolute Gasteiger partial charge is 0.508 e. The summed E-state index contributed by atoms with van der Waals surface area (Å²) in [6, 6.07) is 5.41. The molecule has 0 bridgehead atoms. The van der Waals surface area contributed by atoms with Crippen LogP contribution >= 0.6 is 0 Å². The highest BCUT2D eigenvalue weighted by Crippen LogP contribution is 2.32. The van der Waals surface area contributed by atoms with Gasteiger partial charge in [-0.05, 0) is 24.6 Å². The van der Waals surface area contributed by atoms with Gasteiger partial charge in [0.25, 0.3) is 0 Å². The molecular formula is C11H12N2O. The fourth-order valence-corrected chi connectivity index (χ4v) is 2.16. The Morgan fingerprint density at radius 2 is 2.29 bits per heavy atom. The molecule has 0 aromatic heterocycles. The molecule has 2 aliphatic rings. The van der Waals surface area contributed by atoms with Crippen LogP contribution in [0.2, 0.25) is 0 Å². The summed E-state index contributed by atoms with van der Waals surface area (Å²) in [6.45, 7) is 2.01. The van der Waals surface area contributed by atoms with Crippen molar-refractivity contribution in [2.45, 2.75) is 19.4 Å². The van der Waals surface area contributed by atoms with Gasteiger partial charge in [0.2, 0.25) is 0 Å². The lowest BCUT2D eigenvalue weighted by atomic mass is 10.1. The van der Waals surface area contributed by atoms with Crippen LogP contribution in [0.15, 0.2) is 23.2 Å². The van der Waals surface area contributed by atoms with Crippen LogP contribution in [0.25, 0.3) is 0 Å². The normalized spacial score (nSPS) is 18.9. The van der Waals surface area contributed by atoms with Gasteiger partial charge in [0, 0.05) is 25.1 Å². The molecule has 1 aromatic rings. The van der Waals surface area contributed by atoms with E-state index < -0.39 is 0 Å². The van der Waals surface area contributed by atoms with Crippen molar-refractivity contribution >= 4 is 11.5 Å². The van der Waals surface area contributed by atoms with E-state index in [2.05, 4.69) is 9.89 Å². The van der Waals surface area contributed by atoms with E-state index in [0.29, 0.717) is 5.75 Å². The van der Waals surface area contributed by atoms with Gasteiger partial charge >= 0.3 is 0 Å². The molecule has 14 heavy (non-hydrogen) atoms. The van der Waals surface area contributed by atoms with E-state index in [1.54, 1.807) is 6.07 Å². The smallest absolute Gasteiger partial charge is 0.116 e. The predicted octanol–water partition coefficient (Wildman–Crippen LogP) is 2.03. The number of nitrogens with zero attached hydrogens (tertiary/aromatic N) is 2. The quantitative estimate of drug-likeness (QED) is 0.676. The van der Waals surface area contributed by atoms with Crippen molar-refractivity contribution in [1.29, 1.82) is 0 Å². The third-order valence-corrected chi connectivity index (χ3v) is 2.87. The molecule has 1 N–H and O–H groups in total. The maximum absolute atomic E-state index is 9.36. The molecule has 2 aliphatic heterocycles. The van der Waals surface area contributed by atoms with E-state index in [1.165, 1.54) is 12.3 Å². The molecule has 3 heteroatoms. The van der Waals surface area contributed by atoms with Gasteiger partial charge in [0.1, 0.15) is 11.6 Å². The van der Waals surface area contributed by atoms with Crippen LogP contribution in [0, 0.1) is 0 Å². The second-order valence-electron chi connectivity index (χ2n) is 3.87. The van der Waals surface area contributed by atoms with Gasteiger partial charge in [-0.25, -0.2) is 4.99 Å². The zero-order valence-corrected chi connectivity index (χ0v) is 7.90. The van der Waals surface area contributed by atoms with Gasteiger partial charge in [-0.15, -0.1) is 0 Å². The topological polar surface area (TPSA) is 35.8 Å². The summed E-state index contributed by atoms with van der Waals surface area (Å²) in [5.41, 5.74) is 2.16. The fraction of sp³-hybridized carbons (Fsp3) is 0.364. The second-order valence-corrected chi connectivity index (χ2v) is 3.87. The van der Waals surface area contributed by atoms with E-state index >= 15 is 0 Å². The highest BCUT2D eigenvalue weighted by molar-refractivity contribution is 5.88. The Morgan fingerprint density at radius 1 is 1.36 bits per heavy atom. The summed E-state index contributed by atoms with van der Waals surface area (Å²) in [5, 5.41) is 9.36. The molecule has 0 radical (unpaired) electrons. The number of benzene rings is 1. The molecule has 2 heterocycles. The van der Waals surface area contributed by atoms with Crippen LogP contribution in [-0.4, -0.2) is 22.4 Å². The van der Waals surface area contributed by atoms with Gasteiger partial charge in [0.05, 0.1) is 5.69 Å². The number of aliphatic imine (C=N–C) groups is 1. The van der Waals surface area contributed by atoms with Crippen molar-refractivity contribution in [3.05, 3.63) is 23.8 Å². The standard InChI is InChI=1S/C11H12N2O/c14-9-3-4-10-8(6-9)7-13-5-1-2-11(13)12-10/h3-4,6,14H,1-2,5,7H2. The van der Waals surface area contributed by atoms with Gasteiger partial charge in [-0.1, -0.05) is 0 Å². The lowest BCUT2D eigenvalue weighted by molar-refractivity contribution is 0.437. The van der Waals surface area contributed by atoms with Crippen LogP contribution < -0.4 is 0 Å². The molecule has 72 valence electrons. The number of hydrogen-bond acceptors (Lipinski definition) is 3. The van der Waals surface area contributed by atoms with Crippen LogP contribution in [-0.2, 0) is 6.54 Å². The van der Waals surface area contributed by atoms with Crippen LogP contribution in [0.3, 0.4) is 0 Å². The van der Waals surface area contributed by atoms with E-state index in [0.717, 1.165) is 30.8 Å². The van der Waals surface area contributed by atoms with Crippen LogP contribution in [0.5, 0.6) is 5.75 Å². The summed E-state index contributed by atoms with van der Waals surface area (Å²) in [4.78, 5) is 6.87. The minimum atomic E-state index is 0.335. The number of phenolic OH excluding ortho intramolecular Hbond substituents is 1. The first-order valence-corrected chi connectivity index (χ1v) is 4.97. The summed E-state index contributed by atoms with van der Waals surface area (Å²) in [5.74, 6) is 1.55. The van der Waals surface area contributed by atoms with Crippen molar-refractivity contribution in [3.63, 3.8) is 0 Å². The van der Waals surface area contributed by atoms with Gasteiger partial charge in [0.15, 0.2) is 0 Å². The zero-order valence-electron chi connectivity index (χ0n) is 7.90. The number of hydrogen-bond donors (Lipinski definition) is 1. The Bertz CT molecular complexity index is 412. The summed E-state index contributed by atoms with van der Waals surface area (Å²) < 4.78 is 0. The molecule has 0 saturated carbocycles. The lowest BCUT2D eigenvalue weighted by Crippen LogP contribution is -2.26. The van der Waals surface area contributed by atoms with Gasteiger partial charge in [-0.3, -0.25) is 0 Å². The molecule has 0 spiro atoms. The molecule has 0 aliphatic carbocycles. The lowest BCUT2D eigenvalue weighted by Gasteiger charge is -2.24. The summed E-state index contributed by atoms with van der Waals surface area (Å²) in [6.07, 6.45) is 2.30. The minimum absolute atomic E-state index is 0.335. The van der Waals surface area contributed by atoms with Crippen molar-refractivity contribution in [2.75, 3.05) is 6.54 Å². The molecule has 3 nitrogen and oxygen atoms in total. The minimum Gasteiger partial charge on any atom is -0.508 e. The Labute approximate surface area is 82.7 Å². The molecular weight excluding hydrogens is 176 g/mol. The molecule has 0 unspecified atom stereocenters. The molecule has 3 rings (SSSR count). The number of phenols is 1. The van der Waals surface area contributed by atoms with Crippen molar-refractivity contribution in [3.8, 4) is 5.75 Å². The SMILES string of the molecule is Oc1ccc2c(c1)CN1CCCC1=N2. The van der Waals surface area contributed by atoms with Crippen molar-refractivity contribution in [2.24, 2.45) is 4.99 Å². The van der Waals surface area contributed by atoms with Crippen molar-refractivity contribution < 1.29 is 5.11 Å². The summed E-state index contributed by atoms with van der Waals surface area (Å²) >= 11 is 0. The first kappa shape index (κ1) is 7.85. The Hall–Kier alpha value is -1.51. The zero-order chi connectivity index (χ0) is 9.54. The Kier molecular flexibility index (Phi) is 1.54. The molecule has 0 atom stereocenters. The average Bonchev–Trinajstić information content (AvgIpc) is 2.61. The average molecular weight is 188 g/mol. The molecule has 1 saturated heterocycles. The highest BCUT2D eigenvalue weighted by atomic mass is 16.3. The van der Waals surface area contributed by atoms with E-state index in [1.807, 2.05) is 12.1 Å². The van der Waals surface area contributed by atoms with Crippen LogP contribution in [0.4, 0.5) is 5.69 Å². The van der Waals surface area contributed by atoms with E-state index in [9.17, 15) is 5.11 Å². The number of fused-ring (bicyclic) bond motifs is 2. The Morgan fingerprint density at radius 3 is 3.21 bits per heavy atom. The van der Waals surface area contributed by atoms with Crippen molar-refractivity contribution in [1.82, 2.24) is 4.90 Å². The maximum Gasteiger partial charge on any atom is 0.116 e. The van der Waals surface area contributed by atoms with E-state index in [4.69, 9.17) is 0 Å². The van der Waals surface area contributed by atoms with Gasteiger partial charge in [-0.2, -0.15) is 0 Å². The number of amidine groups is 1. The highest BCUT2D eigenvalue weighted by Gasteiger charge is 2.23. The maximum atomic E-state index is 9.36. The third-order valence-electron chi connectivity index (χ3n) is 2.87. The summed E-state index contributed by atoms with van der Waals surface area (Å²) in [7, 11) is 0. The molecule has 0 amide bonds. The number of rotatable bonds is 0. The Balaban J connectivity index is 2.09. The predicted molar refractivity (Wildman–Crippen MR) is 54.8 cm³/mol. The molecule has 1 fully saturated rings. The van der Waals surface area contributed by atoms with Crippen LogP contribution in [0.1, 0.15) is 18.4 Å². The monoisotopic (exact) mass is 188 g/mol. The fourth-order valence-electron chi connectivity index (χ4n) is 2.16. The van der Waals surface area contributed by atoms with E-state index in [-0.39, 0.29) is 0 Å². The second kappa shape index (κ2) is 2.74. The first-order valence-electron chi connectivity index (χ1n) is 4.97. The third kappa shape index (κ3) is 1.09. The van der Waals surface area contributed by atoms with Gasteiger partial charge < -0.3 is 10.0 Å².